The Kier molecular flexibility index (Phi) is 1.80. The van der Waals surface area contributed by atoms with Crippen molar-refractivity contribution >= 4 is 18.0 Å². The summed E-state index contributed by atoms with van der Waals surface area (Å²) in [6.07, 6.45) is 5.15. The summed E-state index contributed by atoms with van der Waals surface area (Å²) in [6, 6.07) is 7.80. The normalized spacial score (nSPS) is 22.0. The molecule has 16 heavy (non-hydrogen) atoms. The number of fused-ring (bicyclic) bond motifs is 1. The van der Waals surface area contributed by atoms with Gasteiger partial charge in [0.15, 0.2) is 0 Å². The minimum Gasteiger partial charge on any atom is -0.386 e. The highest BCUT2D eigenvalue weighted by atomic mass is 16.6. The number of esters is 2. The third-order valence-electron chi connectivity index (χ3n) is 2.84. The fraction of sp³-hybridized carbons (Fsp3) is 0.0769. The van der Waals surface area contributed by atoms with Gasteiger partial charge < -0.3 is 4.74 Å². The van der Waals surface area contributed by atoms with Crippen molar-refractivity contribution in [2.45, 2.75) is 5.92 Å². The van der Waals surface area contributed by atoms with Crippen LogP contribution in [0.25, 0.3) is 6.08 Å². The summed E-state index contributed by atoms with van der Waals surface area (Å²) in [5.74, 6) is -1.25. The highest BCUT2D eigenvalue weighted by molar-refractivity contribution is 6.10. The molecule has 3 heteroatoms. The Labute approximate surface area is 92.0 Å². The highest BCUT2D eigenvalue weighted by Gasteiger charge is 2.32. The molecule has 0 fully saturated rings. The van der Waals surface area contributed by atoms with Crippen LogP contribution < -0.4 is 0 Å². The van der Waals surface area contributed by atoms with Gasteiger partial charge in [0.05, 0.1) is 5.57 Å². The molecule has 0 amide bonds. The predicted molar refractivity (Wildman–Crippen MR) is 57.4 cm³/mol. The summed E-state index contributed by atoms with van der Waals surface area (Å²) in [5, 5.41) is 0. The van der Waals surface area contributed by atoms with Crippen LogP contribution in [0.5, 0.6) is 0 Å². The Bertz CT molecular complexity index is 552. The van der Waals surface area contributed by atoms with Crippen molar-refractivity contribution in [1.29, 1.82) is 0 Å². The molecular formula is C13H8O3. The molecule has 1 heterocycles. The maximum Gasteiger partial charge on any atom is 0.343 e. The first-order chi connectivity index (χ1) is 7.75. The molecule has 1 unspecified atom stereocenters. The summed E-state index contributed by atoms with van der Waals surface area (Å²) >= 11 is 0. The van der Waals surface area contributed by atoms with Crippen molar-refractivity contribution < 1.29 is 14.3 Å². The minimum atomic E-state index is -0.571. The van der Waals surface area contributed by atoms with Crippen LogP contribution in [0.15, 0.2) is 42.0 Å². The lowest BCUT2D eigenvalue weighted by Crippen LogP contribution is -2.07. The van der Waals surface area contributed by atoms with E-state index in [1.54, 1.807) is 0 Å². The van der Waals surface area contributed by atoms with Gasteiger partial charge in [-0.05, 0) is 11.1 Å². The topological polar surface area (TPSA) is 43.4 Å². The Morgan fingerprint density at radius 2 is 1.94 bits per heavy atom. The second kappa shape index (κ2) is 3.17. The summed E-state index contributed by atoms with van der Waals surface area (Å²) in [7, 11) is 0. The fourth-order valence-corrected chi connectivity index (χ4v) is 2.10. The van der Waals surface area contributed by atoms with Gasteiger partial charge in [-0.2, -0.15) is 0 Å². The van der Waals surface area contributed by atoms with Gasteiger partial charge >= 0.3 is 11.9 Å². The summed E-state index contributed by atoms with van der Waals surface area (Å²) in [5.41, 5.74) is 2.55. The largest absolute Gasteiger partial charge is 0.386 e. The van der Waals surface area contributed by atoms with Crippen molar-refractivity contribution in [3.63, 3.8) is 0 Å². The number of cyclic esters (lactones) is 2. The van der Waals surface area contributed by atoms with E-state index in [9.17, 15) is 9.59 Å². The standard InChI is InChI=1S/C13H8O3/c14-12-7-11(13(15)16-12)10-6-5-8-3-1-2-4-9(8)10/h1-7,10H. The molecule has 1 aromatic carbocycles. The van der Waals surface area contributed by atoms with E-state index in [1.165, 1.54) is 6.08 Å². The summed E-state index contributed by atoms with van der Waals surface area (Å²) in [4.78, 5) is 22.4. The fourth-order valence-electron chi connectivity index (χ4n) is 2.10. The molecule has 78 valence electrons. The van der Waals surface area contributed by atoms with Crippen LogP contribution in [-0.4, -0.2) is 11.9 Å². The summed E-state index contributed by atoms with van der Waals surface area (Å²) in [6.45, 7) is 0. The Morgan fingerprint density at radius 3 is 2.69 bits per heavy atom. The molecular weight excluding hydrogens is 204 g/mol. The lowest BCUT2D eigenvalue weighted by atomic mass is 9.93. The lowest BCUT2D eigenvalue weighted by molar-refractivity contribution is -0.150. The number of carbonyl (C=O) groups excluding carboxylic acids is 2. The van der Waals surface area contributed by atoms with Crippen LogP contribution in [0.4, 0.5) is 0 Å². The summed E-state index contributed by atoms with van der Waals surface area (Å²) < 4.78 is 4.50. The highest BCUT2D eigenvalue weighted by Crippen LogP contribution is 2.36. The molecule has 3 nitrogen and oxygen atoms in total. The van der Waals surface area contributed by atoms with Crippen LogP contribution >= 0.6 is 0 Å². The van der Waals surface area contributed by atoms with E-state index in [4.69, 9.17) is 0 Å². The quantitative estimate of drug-likeness (QED) is 0.526. The van der Waals surface area contributed by atoms with Crippen molar-refractivity contribution in [2.75, 3.05) is 0 Å². The van der Waals surface area contributed by atoms with Gasteiger partial charge in [0.25, 0.3) is 0 Å². The number of benzene rings is 1. The number of hydrogen-bond donors (Lipinski definition) is 0. The molecule has 1 aromatic rings. The molecule has 0 saturated heterocycles. The van der Waals surface area contributed by atoms with Crippen molar-refractivity contribution in [3.05, 3.63) is 53.1 Å². The number of ether oxygens (including phenoxy) is 1. The van der Waals surface area contributed by atoms with Crippen LogP contribution in [0, 0.1) is 0 Å². The molecule has 0 N–H and O–H groups in total. The van der Waals surface area contributed by atoms with Gasteiger partial charge in [-0.1, -0.05) is 36.4 Å². The average Bonchev–Trinajstić information content (AvgIpc) is 2.81. The zero-order valence-electron chi connectivity index (χ0n) is 8.34. The Morgan fingerprint density at radius 1 is 1.12 bits per heavy atom. The zero-order chi connectivity index (χ0) is 11.1. The second-order valence-corrected chi connectivity index (χ2v) is 3.77. The maximum atomic E-state index is 11.4. The number of allylic oxidation sites excluding steroid dienone is 1. The van der Waals surface area contributed by atoms with E-state index in [-0.39, 0.29) is 5.92 Å². The Balaban J connectivity index is 2.06. The molecule has 2 aliphatic rings. The van der Waals surface area contributed by atoms with E-state index in [2.05, 4.69) is 4.74 Å². The number of rotatable bonds is 1. The van der Waals surface area contributed by atoms with Crippen LogP contribution in [-0.2, 0) is 14.3 Å². The lowest BCUT2D eigenvalue weighted by Gasteiger charge is -2.09. The molecule has 1 aliphatic heterocycles. The zero-order valence-corrected chi connectivity index (χ0v) is 8.34. The van der Waals surface area contributed by atoms with E-state index in [0.717, 1.165) is 11.1 Å². The molecule has 1 atom stereocenters. The van der Waals surface area contributed by atoms with Crippen molar-refractivity contribution in [2.24, 2.45) is 0 Å². The van der Waals surface area contributed by atoms with Crippen LogP contribution in [0.1, 0.15) is 17.0 Å². The molecule has 3 rings (SSSR count). The van der Waals surface area contributed by atoms with Gasteiger partial charge in [-0.3, -0.25) is 0 Å². The average molecular weight is 212 g/mol. The van der Waals surface area contributed by atoms with Gasteiger partial charge in [-0.15, -0.1) is 0 Å². The molecule has 0 radical (unpaired) electrons. The van der Waals surface area contributed by atoms with Crippen LogP contribution in [0.3, 0.4) is 0 Å². The molecule has 0 bridgehead atoms. The van der Waals surface area contributed by atoms with Gasteiger partial charge in [0.2, 0.25) is 0 Å². The van der Waals surface area contributed by atoms with E-state index < -0.39 is 11.9 Å². The van der Waals surface area contributed by atoms with E-state index in [1.807, 2.05) is 36.4 Å². The molecule has 1 aliphatic carbocycles. The first kappa shape index (κ1) is 9.09. The predicted octanol–water partition coefficient (Wildman–Crippen LogP) is 1.81. The van der Waals surface area contributed by atoms with Gasteiger partial charge in [0, 0.05) is 12.0 Å². The van der Waals surface area contributed by atoms with Crippen molar-refractivity contribution in [1.82, 2.24) is 0 Å². The van der Waals surface area contributed by atoms with Crippen LogP contribution in [0.2, 0.25) is 0 Å². The molecule has 0 aromatic heterocycles. The molecule has 0 spiro atoms. The van der Waals surface area contributed by atoms with Crippen molar-refractivity contribution in [3.8, 4) is 0 Å². The first-order valence-electron chi connectivity index (χ1n) is 5.00. The third-order valence-corrected chi connectivity index (χ3v) is 2.84. The minimum absolute atomic E-state index is 0.143. The maximum absolute atomic E-state index is 11.4. The van der Waals surface area contributed by atoms with E-state index in [0.29, 0.717) is 5.57 Å². The number of carbonyl (C=O) groups is 2. The SMILES string of the molecule is O=C1C=C(C2C=Cc3ccccc32)C(=O)O1. The monoisotopic (exact) mass is 212 g/mol. The smallest absolute Gasteiger partial charge is 0.343 e. The van der Waals surface area contributed by atoms with E-state index >= 15 is 0 Å². The third kappa shape index (κ3) is 1.21. The van der Waals surface area contributed by atoms with Gasteiger partial charge in [0.1, 0.15) is 0 Å². The second-order valence-electron chi connectivity index (χ2n) is 3.77. The van der Waals surface area contributed by atoms with Gasteiger partial charge in [-0.25, -0.2) is 9.59 Å². The molecule has 0 saturated carbocycles. The number of hydrogen-bond acceptors (Lipinski definition) is 3. The first-order valence-corrected chi connectivity index (χ1v) is 5.00. The Hall–Kier alpha value is -2.16.